The van der Waals surface area contributed by atoms with Crippen LogP contribution in [0.15, 0.2) is 48.5 Å². The molecule has 5 rings (SSSR count). The Morgan fingerprint density at radius 2 is 1.70 bits per heavy atom. The van der Waals surface area contributed by atoms with Gasteiger partial charge in [0, 0.05) is 49.1 Å². The van der Waals surface area contributed by atoms with Gasteiger partial charge < -0.3 is 14.5 Å². The maximum absolute atomic E-state index is 13.3. The number of hydrogen-bond donors (Lipinski definition) is 0. The highest BCUT2D eigenvalue weighted by Crippen LogP contribution is 2.32. The number of carbonyl (C=O) groups is 1. The third kappa shape index (κ3) is 3.50. The summed E-state index contributed by atoms with van der Waals surface area (Å²) in [5.74, 6) is 0.651. The standard InChI is InChI=1S/C23H23FN4O2/c24-17-9-7-16(8-10-17)21-18-4-1-2-5-19(18)22(26-25-21)27-11-13-28(14-12-27)23(29)20-6-3-15-30-20/h1-2,4-5,7-10,20H,3,6,11-15H2/t20-/m1/s1. The van der Waals surface area contributed by atoms with E-state index in [1.807, 2.05) is 29.2 Å². The van der Waals surface area contributed by atoms with Gasteiger partial charge >= 0.3 is 0 Å². The van der Waals surface area contributed by atoms with Crippen LogP contribution in [0, 0.1) is 5.82 Å². The van der Waals surface area contributed by atoms with Crippen LogP contribution in [-0.2, 0) is 9.53 Å². The van der Waals surface area contributed by atoms with Crippen LogP contribution in [-0.4, -0.2) is 59.9 Å². The van der Waals surface area contributed by atoms with Crippen molar-refractivity contribution in [1.29, 1.82) is 0 Å². The number of piperazine rings is 1. The van der Waals surface area contributed by atoms with Gasteiger partial charge in [-0.3, -0.25) is 4.79 Å². The van der Waals surface area contributed by atoms with Crippen molar-refractivity contribution in [3.63, 3.8) is 0 Å². The second-order valence-electron chi connectivity index (χ2n) is 7.74. The van der Waals surface area contributed by atoms with E-state index in [9.17, 15) is 9.18 Å². The average Bonchev–Trinajstić information content (AvgIpc) is 3.34. The quantitative estimate of drug-likeness (QED) is 0.668. The smallest absolute Gasteiger partial charge is 0.251 e. The van der Waals surface area contributed by atoms with Crippen LogP contribution < -0.4 is 4.90 Å². The fraction of sp³-hybridized carbons (Fsp3) is 0.348. The molecule has 3 aromatic rings. The largest absolute Gasteiger partial charge is 0.368 e. The van der Waals surface area contributed by atoms with Crippen molar-refractivity contribution in [2.24, 2.45) is 0 Å². The maximum atomic E-state index is 13.3. The minimum absolute atomic E-state index is 0.106. The molecule has 0 bridgehead atoms. The predicted molar refractivity (Wildman–Crippen MR) is 113 cm³/mol. The van der Waals surface area contributed by atoms with Gasteiger partial charge in [0.25, 0.3) is 5.91 Å². The number of halogens is 1. The van der Waals surface area contributed by atoms with Crippen LogP contribution in [0.5, 0.6) is 0 Å². The van der Waals surface area contributed by atoms with Gasteiger partial charge in [-0.2, -0.15) is 0 Å². The van der Waals surface area contributed by atoms with E-state index >= 15 is 0 Å². The number of nitrogens with zero attached hydrogens (tertiary/aromatic N) is 4. The van der Waals surface area contributed by atoms with E-state index in [0.717, 1.165) is 40.7 Å². The van der Waals surface area contributed by atoms with Crippen LogP contribution in [0.4, 0.5) is 10.2 Å². The molecule has 2 fully saturated rings. The Kier molecular flexibility index (Phi) is 5.04. The Morgan fingerprint density at radius 3 is 2.40 bits per heavy atom. The fourth-order valence-electron chi connectivity index (χ4n) is 4.26. The summed E-state index contributed by atoms with van der Waals surface area (Å²) in [6.07, 6.45) is 1.51. The predicted octanol–water partition coefficient (Wildman–Crippen LogP) is 3.26. The summed E-state index contributed by atoms with van der Waals surface area (Å²) in [5.41, 5.74) is 1.57. The number of carbonyl (C=O) groups excluding carboxylic acids is 1. The number of amides is 1. The first-order valence-electron chi connectivity index (χ1n) is 10.4. The molecule has 2 aromatic carbocycles. The fourth-order valence-corrected chi connectivity index (χ4v) is 4.26. The Labute approximate surface area is 174 Å². The van der Waals surface area contributed by atoms with E-state index in [0.29, 0.717) is 32.8 Å². The molecule has 1 amide bonds. The SMILES string of the molecule is O=C([C@H]1CCCO1)N1CCN(c2nnc(-c3ccc(F)cc3)c3ccccc23)CC1. The number of rotatable bonds is 3. The molecule has 154 valence electrons. The molecular formula is C23H23FN4O2. The molecule has 6 nitrogen and oxygen atoms in total. The van der Waals surface area contributed by atoms with E-state index in [2.05, 4.69) is 15.1 Å². The molecule has 2 aliphatic rings. The van der Waals surface area contributed by atoms with Gasteiger partial charge in [0.15, 0.2) is 5.82 Å². The lowest BCUT2D eigenvalue weighted by atomic mass is 10.0. The van der Waals surface area contributed by atoms with Gasteiger partial charge in [-0.05, 0) is 37.1 Å². The highest BCUT2D eigenvalue weighted by molar-refractivity contribution is 6.00. The van der Waals surface area contributed by atoms with Crippen molar-refractivity contribution in [2.75, 3.05) is 37.7 Å². The third-order valence-corrected chi connectivity index (χ3v) is 5.88. The van der Waals surface area contributed by atoms with Crippen molar-refractivity contribution >= 4 is 22.5 Å². The number of aromatic nitrogens is 2. The summed E-state index contributed by atoms with van der Waals surface area (Å²) in [5, 5.41) is 11.0. The van der Waals surface area contributed by atoms with Gasteiger partial charge in [0.05, 0.1) is 0 Å². The molecule has 2 aliphatic heterocycles. The first kappa shape index (κ1) is 18.9. The molecule has 0 spiro atoms. The summed E-state index contributed by atoms with van der Waals surface area (Å²) in [6.45, 7) is 3.38. The van der Waals surface area contributed by atoms with E-state index < -0.39 is 0 Å². The summed E-state index contributed by atoms with van der Waals surface area (Å²) in [6, 6.07) is 14.3. The lowest BCUT2D eigenvalue weighted by molar-refractivity contribution is -0.141. The summed E-state index contributed by atoms with van der Waals surface area (Å²) in [4.78, 5) is 16.7. The maximum Gasteiger partial charge on any atom is 0.251 e. The molecular weight excluding hydrogens is 383 g/mol. The number of benzene rings is 2. The molecule has 2 saturated heterocycles. The minimum Gasteiger partial charge on any atom is -0.368 e. The molecule has 0 unspecified atom stereocenters. The zero-order valence-corrected chi connectivity index (χ0v) is 16.6. The Bertz CT molecular complexity index is 1060. The van der Waals surface area contributed by atoms with Gasteiger partial charge in [0.1, 0.15) is 17.6 Å². The summed E-state index contributed by atoms with van der Waals surface area (Å²) >= 11 is 0. The van der Waals surface area contributed by atoms with Crippen molar-refractivity contribution in [1.82, 2.24) is 15.1 Å². The van der Waals surface area contributed by atoms with Gasteiger partial charge in [-0.25, -0.2) is 4.39 Å². The molecule has 0 aliphatic carbocycles. The van der Waals surface area contributed by atoms with E-state index in [-0.39, 0.29) is 17.8 Å². The molecule has 7 heteroatoms. The number of anilines is 1. The zero-order valence-electron chi connectivity index (χ0n) is 16.6. The Hall–Kier alpha value is -3.06. The Morgan fingerprint density at radius 1 is 0.967 bits per heavy atom. The lowest BCUT2D eigenvalue weighted by Crippen LogP contribution is -2.51. The van der Waals surface area contributed by atoms with Crippen LogP contribution in [0.25, 0.3) is 22.0 Å². The normalized spacial score (nSPS) is 19.4. The van der Waals surface area contributed by atoms with E-state index in [1.165, 1.54) is 12.1 Å². The van der Waals surface area contributed by atoms with Crippen LogP contribution in [0.3, 0.4) is 0 Å². The lowest BCUT2D eigenvalue weighted by Gasteiger charge is -2.36. The third-order valence-electron chi connectivity index (χ3n) is 5.88. The van der Waals surface area contributed by atoms with Crippen LogP contribution in [0.2, 0.25) is 0 Å². The van der Waals surface area contributed by atoms with Crippen molar-refractivity contribution in [2.45, 2.75) is 18.9 Å². The molecule has 0 saturated carbocycles. The second kappa shape index (κ2) is 7.99. The monoisotopic (exact) mass is 406 g/mol. The van der Waals surface area contributed by atoms with Crippen molar-refractivity contribution in [3.05, 3.63) is 54.3 Å². The van der Waals surface area contributed by atoms with Crippen LogP contribution >= 0.6 is 0 Å². The van der Waals surface area contributed by atoms with Gasteiger partial charge in [-0.15, -0.1) is 10.2 Å². The molecule has 30 heavy (non-hydrogen) atoms. The van der Waals surface area contributed by atoms with Crippen molar-refractivity contribution < 1.29 is 13.9 Å². The Balaban J connectivity index is 1.40. The average molecular weight is 406 g/mol. The number of ether oxygens (including phenoxy) is 1. The summed E-state index contributed by atoms with van der Waals surface area (Å²) in [7, 11) is 0. The van der Waals surface area contributed by atoms with E-state index in [1.54, 1.807) is 12.1 Å². The van der Waals surface area contributed by atoms with Crippen molar-refractivity contribution in [3.8, 4) is 11.3 Å². The zero-order chi connectivity index (χ0) is 20.5. The minimum atomic E-state index is -0.275. The molecule has 0 radical (unpaired) electrons. The first-order chi connectivity index (χ1) is 14.7. The topological polar surface area (TPSA) is 58.6 Å². The molecule has 1 aromatic heterocycles. The summed E-state index contributed by atoms with van der Waals surface area (Å²) < 4.78 is 18.9. The molecule has 0 N–H and O–H groups in total. The second-order valence-corrected chi connectivity index (χ2v) is 7.74. The first-order valence-corrected chi connectivity index (χ1v) is 10.4. The van der Waals surface area contributed by atoms with Crippen LogP contribution in [0.1, 0.15) is 12.8 Å². The van der Waals surface area contributed by atoms with Gasteiger partial charge in [-0.1, -0.05) is 24.3 Å². The van der Waals surface area contributed by atoms with E-state index in [4.69, 9.17) is 4.74 Å². The highest BCUT2D eigenvalue weighted by atomic mass is 19.1. The number of hydrogen-bond acceptors (Lipinski definition) is 5. The molecule has 3 heterocycles. The number of fused-ring (bicyclic) bond motifs is 1. The highest BCUT2D eigenvalue weighted by Gasteiger charge is 2.31. The van der Waals surface area contributed by atoms with Gasteiger partial charge in [0.2, 0.25) is 0 Å². The molecule has 1 atom stereocenters.